The lowest BCUT2D eigenvalue weighted by atomic mass is 10.2. The summed E-state index contributed by atoms with van der Waals surface area (Å²) < 4.78 is 5.66. The number of hydrogen-bond donors (Lipinski definition) is 0. The van der Waals surface area contributed by atoms with Crippen LogP contribution in [0.25, 0.3) is 0 Å². The van der Waals surface area contributed by atoms with Gasteiger partial charge in [0.1, 0.15) is 18.4 Å². The van der Waals surface area contributed by atoms with E-state index in [0.29, 0.717) is 17.9 Å². The monoisotopic (exact) mass is 243 g/mol. The smallest absolute Gasteiger partial charge is 0.137 e. The molecule has 0 atom stereocenters. The molecule has 0 amide bonds. The van der Waals surface area contributed by atoms with Gasteiger partial charge in [0, 0.05) is 9.75 Å². The van der Waals surface area contributed by atoms with Crippen LogP contribution in [0.5, 0.6) is 5.75 Å². The predicted molar refractivity (Wildman–Crippen MR) is 69.2 cm³/mol. The molecule has 0 spiro atoms. The normalized spacial score (nSPS) is 9.88. The van der Waals surface area contributed by atoms with Crippen molar-refractivity contribution >= 4 is 11.3 Å². The zero-order valence-electron chi connectivity index (χ0n) is 9.64. The summed E-state index contributed by atoms with van der Waals surface area (Å²) in [6.07, 6.45) is 1.06. The number of benzene rings is 1. The van der Waals surface area contributed by atoms with Crippen LogP contribution in [-0.4, -0.2) is 0 Å². The lowest BCUT2D eigenvalue weighted by Crippen LogP contribution is -1.94. The van der Waals surface area contributed by atoms with Gasteiger partial charge in [0.2, 0.25) is 0 Å². The number of hydrogen-bond acceptors (Lipinski definition) is 3. The second-order valence-corrected chi connectivity index (χ2v) is 4.87. The highest BCUT2D eigenvalue weighted by molar-refractivity contribution is 7.11. The minimum absolute atomic E-state index is 0.531. The van der Waals surface area contributed by atoms with Gasteiger partial charge in [0.05, 0.1) is 5.56 Å². The Bertz CT molecular complexity index is 539. The maximum atomic E-state index is 8.93. The second-order valence-electron chi connectivity index (χ2n) is 3.62. The summed E-state index contributed by atoms with van der Waals surface area (Å²) in [4.78, 5) is 2.55. The Morgan fingerprint density at radius 1 is 1.18 bits per heavy atom. The van der Waals surface area contributed by atoms with Gasteiger partial charge in [-0.25, -0.2) is 0 Å². The molecule has 2 aromatic rings. The van der Waals surface area contributed by atoms with Crippen molar-refractivity contribution in [3.05, 3.63) is 51.7 Å². The fourth-order valence-corrected chi connectivity index (χ4v) is 2.39. The number of nitriles is 1. The van der Waals surface area contributed by atoms with Crippen LogP contribution in [0.4, 0.5) is 0 Å². The molecule has 3 heteroatoms. The number of rotatable bonds is 4. The quantitative estimate of drug-likeness (QED) is 0.819. The van der Waals surface area contributed by atoms with Crippen molar-refractivity contribution in [2.24, 2.45) is 0 Å². The maximum absolute atomic E-state index is 8.93. The van der Waals surface area contributed by atoms with E-state index in [1.54, 1.807) is 17.4 Å². The first-order valence-corrected chi connectivity index (χ1v) is 6.34. The van der Waals surface area contributed by atoms with E-state index >= 15 is 0 Å². The van der Waals surface area contributed by atoms with E-state index in [0.717, 1.165) is 6.42 Å². The number of thiophene rings is 1. The lowest BCUT2D eigenvalue weighted by Gasteiger charge is -2.05. The fourth-order valence-electron chi connectivity index (χ4n) is 1.52. The van der Waals surface area contributed by atoms with Gasteiger partial charge in [-0.1, -0.05) is 19.1 Å². The Kier molecular flexibility index (Phi) is 3.79. The summed E-state index contributed by atoms with van der Waals surface area (Å²) in [7, 11) is 0. The molecule has 1 aromatic carbocycles. The molecule has 0 saturated heterocycles. The highest BCUT2D eigenvalue weighted by Gasteiger charge is 2.03. The van der Waals surface area contributed by atoms with Crippen LogP contribution in [0.3, 0.4) is 0 Å². The van der Waals surface area contributed by atoms with Gasteiger partial charge in [-0.2, -0.15) is 5.26 Å². The molecular formula is C14H13NOS. The van der Waals surface area contributed by atoms with E-state index in [-0.39, 0.29) is 0 Å². The van der Waals surface area contributed by atoms with Crippen LogP contribution in [0.1, 0.15) is 22.2 Å². The predicted octanol–water partition coefficient (Wildman–Crippen LogP) is 3.76. The third-order valence-electron chi connectivity index (χ3n) is 2.44. The van der Waals surface area contributed by atoms with E-state index in [9.17, 15) is 0 Å². The van der Waals surface area contributed by atoms with Gasteiger partial charge < -0.3 is 4.74 Å². The Balaban J connectivity index is 2.05. The lowest BCUT2D eigenvalue weighted by molar-refractivity contribution is 0.309. The van der Waals surface area contributed by atoms with Crippen molar-refractivity contribution in [2.75, 3.05) is 0 Å². The zero-order chi connectivity index (χ0) is 12.1. The van der Waals surface area contributed by atoms with Crippen LogP contribution >= 0.6 is 11.3 Å². The van der Waals surface area contributed by atoms with Crippen LogP contribution in [0.15, 0.2) is 36.4 Å². The van der Waals surface area contributed by atoms with E-state index in [2.05, 4.69) is 25.1 Å². The summed E-state index contributed by atoms with van der Waals surface area (Å²) in [5, 5.41) is 8.93. The minimum atomic E-state index is 0.531. The molecule has 0 aliphatic heterocycles. The third kappa shape index (κ3) is 2.86. The third-order valence-corrected chi connectivity index (χ3v) is 3.65. The topological polar surface area (TPSA) is 33.0 Å². The molecule has 86 valence electrons. The number of aryl methyl sites for hydroxylation is 1. The van der Waals surface area contributed by atoms with Crippen LogP contribution in [-0.2, 0) is 13.0 Å². The summed E-state index contributed by atoms with van der Waals surface area (Å²) in [6.45, 7) is 2.67. The summed E-state index contributed by atoms with van der Waals surface area (Å²) in [6, 6.07) is 13.6. The number of ether oxygens (including phenoxy) is 1. The van der Waals surface area contributed by atoms with Crippen molar-refractivity contribution in [1.29, 1.82) is 5.26 Å². The van der Waals surface area contributed by atoms with E-state index < -0.39 is 0 Å². The minimum Gasteiger partial charge on any atom is -0.487 e. The first-order chi connectivity index (χ1) is 8.33. The standard InChI is InChI=1S/C14H13NOS/c1-2-12-7-8-13(17-12)10-16-14-6-4-3-5-11(14)9-15/h3-8H,2,10H2,1H3. The SMILES string of the molecule is CCc1ccc(COc2ccccc2C#N)s1. The molecular weight excluding hydrogens is 230 g/mol. The average Bonchev–Trinajstić information content (AvgIpc) is 2.84. The average molecular weight is 243 g/mol. The molecule has 0 bridgehead atoms. The summed E-state index contributed by atoms with van der Waals surface area (Å²) in [5.41, 5.74) is 0.583. The van der Waals surface area contributed by atoms with Gasteiger partial charge in [-0.15, -0.1) is 11.3 Å². The number of para-hydroxylation sites is 1. The van der Waals surface area contributed by atoms with Crippen molar-refractivity contribution in [3.8, 4) is 11.8 Å². The maximum Gasteiger partial charge on any atom is 0.137 e. The Morgan fingerprint density at radius 2 is 1.94 bits per heavy atom. The zero-order valence-corrected chi connectivity index (χ0v) is 10.5. The summed E-state index contributed by atoms with van der Waals surface area (Å²) in [5.74, 6) is 0.654. The molecule has 1 heterocycles. The van der Waals surface area contributed by atoms with E-state index in [4.69, 9.17) is 10.00 Å². The van der Waals surface area contributed by atoms with Gasteiger partial charge >= 0.3 is 0 Å². The van der Waals surface area contributed by atoms with E-state index in [1.807, 2.05) is 18.2 Å². The molecule has 0 unspecified atom stereocenters. The van der Waals surface area contributed by atoms with Crippen molar-refractivity contribution in [3.63, 3.8) is 0 Å². The number of nitrogens with zero attached hydrogens (tertiary/aromatic N) is 1. The summed E-state index contributed by atoms with van der Waals surface area (Å²) >= 11 is 1.76. The molecule has 0 radical (unpaired) electrons. The van der Waals surface area contributed by atoms with Gasteiger partial charge in [0.15, 0.2) is 0 Å². The van der Waals surface area contributed by atoms with Crippen LogP contribution in [0.2, 0.25) is 0 Å². The molecule has 0 aliphatic rings. The first kappa shape index (κ1) is 11.7. The second kappa shape index (κ2) is 5.51. The molecule has 1 aromatic heterocycles. The fraction of sp³-hybridized carbons (Fsp3) is 0.214. The largest absolute Gasteiger partial charge is 0.487 e. The Hall–Kier alpha value is -1.79. The highest BCUT2D eigenvalue weighted by Crippen LogP contribution is 2.21. The van der Waals surface area contributed by atoms with Gasteiger partial charge in [-0.05, 0) is 30.7 Å². The molecule has 2 rings (SSSR count). The van der Waals surface area contributed by atoms with Crippen molar-refractivity contribution < 1.29 is 4.74 Å². The molecule has 0 fully saturated rings. The highest BCUT2D eigenvalue weighted by atomic mass is 32.1. The Labute approximate surface area is 105 Å². The Morgan fingerprint density at radius 3 is 2.65 bits per heavy atom. The molecule has 2 nitrogen and oxygen atoms in total. The molecule has 17 heavy (non-hydrogen) atoms. The van der Waals surface area contributed by atoms with Crippen molar-refractivity contribution in [2.45, 2.75) is 20.0 Å². The van der Waals surface area contributed by atoms with Crippen molar-refractivity contribution in [1.82, 2.24) is 0 Å². The van der Waals surface area contributed by atoms with Gasteiger partial charge in [0.25, 0.3) is 0 Å². The molecule has 0 aliphatic carbocycles. The molecule has 0 N–H and O–H groups in total. The van der Waals surface area contributed by atoms with Crippen LogP contribution in [0, 0.1) is 11.3 Å². The van der Waals surface area contributed by atoms with Crippen LogP contribution < -0.4 is 4.74 Å². The molecule has 0 saturated carbocycles. The first-order valence-electron chi connectivity index (χ1n) is 5.53. The van der Waals surface area contributed by atoms with E-state index in [1.165, 1.54) is 9.75 Å². The van der Waals surface area contributed by atoms with Gasteiger partial charge in [-0.3, -0.25) is 0 Å².